The second kappa shape index (κ2) is 7.70. The van der Waals surface area contributed by atoms with Crippen LogP contribution in [0.3, 0.4) is 0 Å². The highest BCUT2D eigenvalue weighted by Crippen LogP contribution is 2.28. The first-order valence-corrected chi connectivity index (χ1v) is 10.3. The summed E-state index contributed by atoms with van der Waals surface area (Å²) in [6, 6.07) is 12.5. The molecule has 0 spiro atoms. The molecule has 2 aromatic rings. The quantitative estimate of drug-likeness (QED) is 0.807. The minimum atomic E-state index is -3.61. The lowest BCUT2D eigenvalue weighted by Crippen LogP contribution is -2.50. The first-order valence-electron chi connectivity index (χ1n) is 8.84. The van der Waals surface area contributed by atoms with E-state index in [0.717, 1.165) is 5.56 Å². The predicted octanol–water partition coefficient (Wildman–Crippen LogP) is 2.46. The fourth-order valence-corrected chi connectivity index (χ4v) is 5.01. The molecule has 0 unspecified atom stereocenters. The van der Waals surface area contributed by atoms with Gasteiger partial charge in [0.15, 0.2) is 0 Å². The van der Waals surface area contributed by atoms with Gasteiger partial charge in [0, 0.05) is 31.7 Å². The van der Waals surface area contributed by atoms with Gasteiger partial charge in [-0.25, -0.2) is 8.42 Å². The predicted molar refractivity (Wildman–Crippen MR) is 104 cm³/mol. The number of rotatable bonds is 4. The maximum Gasteiger partial charge on any atom is 0.253 e. The first kappa shape index (κ1) is 19.4. The van der Waals surface area contributed by atoms with Crippen molar-refractivity contribution in [2.45, 2.75) is 18.7 Å². The summed E-state index contributed by atoms with van der Waals surface area (Å²) in [7, 11) is -2.05. The van der Waals surface area contributed by atoms with Crippen LogP contribution in [0.15, 0.2) is 47.4 Å². The number of benzene rings is 2. The molecule has 1 amide bonds. The third-order valence-electron chi connectivity index (χ3n) is 4.86. The second-order valence-electron chi connectivity index (χ2n) is 6.65. The summed E-state index contributed by atoms with van der Waals surface area (Å²) in [5, 5.41) is 0. The molecule has 0 N–H and O–H groups in total. The summed E-state index contributed by atoms with van der Waals surface area (Å²) in [5.41, 5.74) is 2.05. The smallest absolute Gasteiger partial charge is 0.253 e. The Morgan fingerprint density at radius 1 is 0.963 bits per heavy atom. The minimum Gasteiger partial charge on any atom is -0.496 e. The highest BCUT2D eigenvalue weighted by molar-refractivity contribution is 7.89. The molecule has 6 nitrogen and oxygen atoms in total. The van der Waals surface area contributed by atoms with E-state index < -0.39 is 10.0 Å². The van der Waals surface area contributed by atoms with Gasteiger partial charge in [-0.2, -0.15) is 4.31 Å². The van der Waals surface area contributed by atoms with Gasteiger partial charge in [0.05, 0.1) is 12.0 Å². The number of carbonyl (C=O) groups is 1. The van der Waals surface area contributed by atoms with Crippen molar-refractivity contribution in [3.8, 4) is 5.75 Å². The molecule has 27 heavy (non-hydrogen) atoms. The average molecular weight is 388 g/mol. The van der Waals surface area contributed by atoms with Gasteiger partial charge in [-0.3, -0.25) is 4.79 Å². The molecule has 0 bridgehead atoms. The van der Waals surface area contributed by atoms with Crippen LogP contribution in [0.25, 0.3) is 0 Å². The first-order chi connectivity index (χ1) is 12.8. The van der Waals surface area contributed by atoms with Crippen LogP contribution in [0.1, 0.15) is 21.5 Å². The van der Waals surface area contributed by atoms with Gasteiger partial charge in [-0.05, 0) is 49.2 Å². The molecule has 0 aromatic heterocycles. The van der Waals surface area contributed by atoms with Crippen LogP contribution in [0, 0.1) is 13.8 Å². The fraction of sp³-hybridized carbons (Fsp3) is 0.350. The van der Waals surface area contributed by atoms with E-state index in [1.165, 1.54) is 4.31 Å². The van der Waals surface area contributed by atoms with Crippen molar-refractivity contribution in [2.75, 3.05) is 33.3 Å². The van der Waals surface area contributed by atoms with E-state index in [1.54, 1.807) is 43.2 Å². The van der Waals surface area contributed by atoms with Crippen LogP contribution >= 0.6 is 0 Å². The zero-order valence-electron chi connectivity index (χ0n) is 15.8. The molecule has 144 valence electrons. The van der Waals surface area contributed by atoms with Gasteiger partial charge in [-0.1, -0.05) is 18.2 Å². The summed E-state index contributed by atoms with van der Waals surface area (Å²) >= 11 is 0. The molecule has 3 rings (SSSR count). The van der Waals surface area contributed by atoms with E-state index >= 15 is 0 Å². The van der Waals surface area contributed by atoms with E-state index in [4.69, 9.17) is 4.74 Å². The summed E-state index contributed by atoms with van der Waals surface area (Å²) < 4.78 is 32.9. The number of piperazine rings is 1. The third-order valence-corrected chi connectivity index (χ3v) is 6.90. The Morgan fingerprint density at radius 2 is 1.59 bits per heavy atom. The van der Waals surface area contributed by atoms with E-state index in [0.29, 0.717) is 34.9 Å². The number of amides is 1. The maximum absolute atomic E-state index is 13.1. The molecule has 0 saturated carbocycles. The molecule has 1 aliphatic rings. The number of hydrogen-bond donors (Lipinski definition) is 0. The summed E-state index contributed by atoms with van der Waals surface area (Å²) in [5.74, 6) is 0.605. The monoisotopic (exact) mass is 388 g/mol. The maximum atomic E-state index is 13.1. The molecular formula is C20H24N2O4S. The Balaban J connectivity index is 1.75. The highest BCUT2D eigenvalue weighted by Gasteiger charge is 2.31. The van der Waals surface area contributed by atoms with Gasteiger partial charge in [0.1, 0.15) is 5.75 Å². The fourth-order valence-electron chi connectivity index (χ4n) is 3.29. The molecule has 2 aromatic carbocycles. The van der Waals surface area contributed by atoms with E-state index in [9.17, 15) is 13.2 Å². The van der Waals surface area contributed by atoms with Crippen LogP contribution in [-0.2, 0) is 10.0 Å². The number of sulfonamides is 1. The minimum absolute atomic E-state index is 0.0656. The van der Waals surface area contributed by atoms with Crippen LogP contribution in [0.4, 0.5) is 0 Å². The molecule has 0 atom stereocenters. The van der Waals surface area contributed by atoms with Gasteiger partial charge in [0.2, 0.25) is 10.0 Å². The Hall–Kier alpha value is -2.38. The van der Waals surface area contributed by atoms with Crippen molar-refractivity contribution in [2.24, 2.45) is 0 Å². The Kier molecular flexibility index (Phi) is 5.53. The zero-order chi connectivity index (χ0) is 19.6. The van der Waals surface area contributed by atoms with Crippen LogP contribution < -0.4 is 4.74 Å². The van der Waals surface area contributed by atoms with Gasteiger partial charge >= 0.3 is 0 Å². The molecule has 7 heteroatoms. The molecule has 0 aliphatic carbocycles. The molecule has 0 radical (unpaired) electrons. The molecule has 1 heterocycles. The van der Waals surface area contributed by atoms with Gasteiger partial charge in [-0.15, -0.1) is 0 Å². The van der Waals surface area contributed by atoms with E-state index in [2.05, 4.69) is 0 Å². The highest BCUT2D eigenvalue weighted by atomic mass is 32.2. The Morgan fingerprint density at radius 3 is 2.19 bits per heavy atom. The Labute approximate surface area is 160 Å². The standard InChI is InChI=1S/C20H24N2O4S/c1-15-14-19(16(2)13-18(15)26-3)27(24,25)22-11-9-21(10-12-22)20(23)17-7-5-4-6-8-17/h4-8,13-14H,9-12H2,1-3H3. The number of ether oxygens (including phenoxy) is 1. The van der Waals surface area contributed by atoms with E-state index in [-0.39, 0.29) is 19.0 Å². The van der Waals surface area contributed by atoms with Crippen molar-refractivity contribution in [1.82, 2.24) is 9.21 Å². The lowest BCUT2D eigenvalue weighted by molar-refractivity contribution is 0.0698. The summed E-state index contributed by atoms with van der Waals surface area (Å²) in [6.07, 6.45) is 0. The van der Waals surface area contributed by atoms with Crippen LogP contribution in [0.2, 0.25) is 0 Å². The lowest BCUT2D eigenvalue weighted by atomic mass is 10.1. The average Bonchev–Trinajstić information content (AvgIpc) is 2.69. The van der Waals surface area contributed by atoms with E-state index in [1.807, 2.05) is 25.1 Å². The van der Waals surface area contributed by atoms with Crippen molar-refractivity contribution >= 4 is 15.9 Å². The van der Waals surface area contributed by atoms with Crippen molar-refractivity contribution in [1.29, 1.82) is 0 Å². The normalized spacial score (nSPS) is 15.6. The van der Waals surface area contributed by atoms with Crippen molar-refractivity contribution in [3.63, 3.8) is 0 Å². The van der Waals surface area contributed by atoms with Crippen molar-refractivity contribution in [3.05, 3.63) is 59.2 Å². The van der Waals surface area contributed by atoms with Crippen LogP contribution in [0.5, 0.6) is 5.75 Å². The number of carbonyl (C=O) groups excluding carboxylic acids is 1. The summed E-state index contributed by atoms with van der Waals surface area (Å²) in [6.45, 7) is 4.91. The third kappa shape index (κ3) is 3.84. The molecule has 1 fully saturated rings. The number of methoxy groups -OCH3 is 1. The SMILES string of the molecule is COc1cc(C)c(S(=O)(=O)N2CCN(C(=O)c3ccccc3)CC2)cc1C. The number of hydrogen-bond acceptors (Lipinski definition) is 4. The van der Waals surface area contributed by atoms with Crippen molar-refractivity contribution < 1.29 is 17.9 Å². The molecular weight excluding hydrogens is 364 g/mol. The zero-order valence-corrected chi connectivity index (χ0v) is 16.6. The number of aryl methyl sites for hydroxylation is 2. The number of nitrogens with zero attached hydrogens (tertiary/aromatic N) is 2. The topological polar surface area (TPSA) is 66.9 Å². The van der Waals surface area contributed by atoms with Gasteiger partial charge in [0.25, 0.3) is 5.91 Å². The molecule has 1 aliphatic heterocycles. The summed E-state index contributed by atoms with van der Waals surface area (Å²) in [4.78, 5) is 14.5. The van der Waals surface area contributed by atoms with Gasteiger partial charge < -0.3 is 9.64 Å². The van der Waals surface area contributed by atoms with Crippen LogP contribution in [-0.4, -0.2) is 56.8 Å². The lowest BCUT2D eigenvalue weighted by Gasteiger charge is -2.34. The largest absolute Gasteiger partial charge is 0.496 e. The Bertz CT molecular complexity index is 934. The molecule has 1 saturated heterocycles. The second-order valence-corrected chi connectivity index (χ2v) is 8.56.